The van der Waals surface area contributed by atoms with Crippen molar-refractivity contribution in [3.05, 3.63) is 23.8 Å². The zero-order valence-corrected chi connectivity index (χ0v) is 12.5. The van der Waals surface area contributed by atoms with Crippen LogP contribution in [0.15, 0.2) is 23.1 Å². The highest BCUT2D eigenvalue weighted by atomic mass is 32.2. The second-order valence-corrected chi connectivity index (χ2v) is 7.31. The highest BCUT2D eigenvalue weighted by Crippen LogP contribution is 2.31. The van der Waals surface area contributed by atoms with Gasteiger partial charge < -0.3 is 4.74 Å². The summed E-state index contributed by atoms with van der Waals surface area (Å²) in [4.78, 5) is 0.335. The van der Waals surface area contributed by atoms with Crippen LogP contribution in [-0.2, 0) is 9.84 Å². The molecule has 0 bridgehead atoms. The third kappa shape index (κ3) is 2.86. The van der Waals surface area contributed by atoms with E-state index in [-0.39, 0.29) is 0 Å². The Balaban J connectivity index is 3.30. The molecular weight excluding hydrogens is 248 g/mol. The summed E-state index contributed by atoms with van der Waals surface area (Å²) in [7, 11) is -1.66. The van der Waals surface area contributed by atoms with Gasteiger partial charge >= 0.3 is 0 Å². The number of sulfone groups is 1. The molecule has 1 atom stereocenters. The summed E-state index contributed by atoms with van der Waals surface area (Å²) in [5, 5.41) is -0.420. The van der Waals surface area contributed by atoms with Crippen LogP contribution in [0.2, 0.25) is 0 Å². The van der Waals surface area contributed by atoms with Crippen molar-refractivity contribution in [1.29, 1.82) is 0 Å². The Morgan fingerprint density at radius 3 is 2.28 bits per heavy atom. The number of hydrogen-bond acceptors (Lipinski definition) is 3. The number of rotatable bonds is 5. The van der Waals surface area contributed by atoms with Crippen molar-refractivity contribution < 1.29 is 13.2 Å². The molecule has 1 aromatic rings. The molecule has 0 aliphatic rings. The van der Waals surface area contributed by atoms with Crippen LogP contribution in [0, 0.1) is 0 Å². The van der Waals surface area contributed by atoms with Crippen LogP contribution in [0.3, 0.4) is 0 Å². The van der Waals surface area contributed by atoms with Gasteiger partial charge in [-0.15, -0.1) is 0 Å². The molecule has 1 rings (SSSR count). The lowest BCUT2D eigenvalue weighted by Gasteiger charge is -2.16. The lowest BCUT2D eigenvalue weighted by atomic mass is 9.98. The summed E-state index contributed by atoms with van der Waals surface area (Å²) >= 11 is 0. The third-order valence-electron chi connectivity index (χ3n) is 3.30. The quantitative estimate of drug-likeness (QED) is 0.823. The molecule has 0 spiro atoms. The molecule has 0 aliphatic carbocycles. The normalized spacial score (nSPS) is 13.7. The Kier molecular flexibility index (Phi) is 4.79. The molecule has 4 heteroatoms. The fraction of sp³-hybridized carbons (Fsp3) is 0.571. The van der Waals surface area contributed by atoms with Crippen molar-refractivity contribution in [2.24, 2.45) is 0 Å². The Morgan fingerprint density at radius 1 is 1.22 bits per heavy atom. The summed E-state index contributed by atoms with van der Waals surface area (Å²) < 4.78 is 29.5. The summed E-state index contributed by atoms with van der Waals surface area (Å²) in [6.07, 6.45) is 0.993. The third-order valence-corrected chi connectivity index (χ3v) is 5.45. The average molecular weight is 270 g/mol. The Hall–Kier alpha value is -1.03. The van der Waals surface area contributed by atoms with Crippen LogP contribution in [0.4, 0.5) is 0 Å². The van der Waals surface area contributed by atoms with Crippen molar-refractivity contribution in [3.8, 4) is 5.75 Å². The van der Waals surface area contributed by atoms with E-state index in [4.69, 9.17) is 4.74 Å². The summed E-state index contributed by atoms with van der Waals surface area (Å²) in [5.74, 6) is 1.02. The van der Waals surface area contributed by atoms with E-state index in [9.17, 15) is 8.42 Å². The minimum atomic E-state index is -3.24. The van der Waals surface area contributed by atoms with Gasteiger partial charge in [0, 0.05) is 0 Å². The Bertz CT molecular complexity index is 504. The highest BCUT2D eigenvalue weighted by molar-refractivity contribution is 7.92. The zero-order chi connectivity index (χ0) is 13.9. The molecule has 18 heavy (non-hydrogen) atoms. The minimum absolute atomic E-state index is 0.335. The van der Waals surface area contributed by atoms with Gasteiger partial charge in [-0.05, 0) is 43.9 Å². The minimum Gasteiger partial charge on any atom is -0.496 e. The molecule has 0 fully saturated rings. The molecule has 1 unspecified atom stereocenters. The SMILES string of the molecule is CCC(C)c1ccc(S(=O)(=O)C(C)C)cc1OC. The second kappa shape index (κ2) is 5.74. The monoisotopic (exact) mass is 270 g/mol. The number of benzene rings is 1. The predicted molar refractivity (Wildman–Crippen MR) is 74.0 cm³/mol. The van der Waals surface area contributed by atoms with Crippen LogP contribution in [-0.4, -0.2) is 20.8 Å². The number of hydrogen-bond donors (Lipinski definition) is 0. The number of methoxy groups -OCH3 is 1. The lowest BCUT2D eigenvalue weighted by molar-refractivity contribution is 0.404. The van der Waals surface area contributed by atoms with Gasteiger partial charge in [0.15, 0.2) is 9.84 Å². The van der Waals surface area contributed by atoms with Gasteiger partial charge in [-0.2, -0.15) is 0 Å². The molecule has 0 heterocycles. The topological polar surface area (TPSA) is 43.4 Å². The van der Waals surface area contributed by atoms with Crippen LogP contribution < -0.4 is 4.74 Å². The molecule has 1 aromatic carbocycles. The van der Waals surface area contributed by atoms with Crippen molar-refractivity contribution >= 4 is 9.84 Å². The maximum Gasteiger partial charge on any atom is 0.180 e. The fourth-order valence-electron chi connectivity index (χ4n) is 1.77. The molecule has 0 aromatic heterocycles. The molecule has 0 amide bonds. The molecule has 3 nitrogen and oxygen atoms in total. The highest BCUT2D eigenvalue weighted by Gasteiger charge is 2.21. The van der Waals surface area contributed by atoms with Gasteiger partial charge in [0.25, 0.3) is 0 Å². The van der Waals surface area contributed by atoms with Gasteiger partial charge in [0.2, 0.25) is 0 Å². The van der Waals surface area contributed by atoms with Crippen LogP contribution in [0.1, 0.15) is 45.6 Å². The first-order valence-corrected chi connectivity index (χ1v) is 7.81. The maximum absolute atomic E-state index is 12.1. The summed E-state index contributed by atoms with van der Waals surface area (Å²) in [6.45, 7) is 7.58. The van der Waals surface area contributed by atoms with Crippen molar-refractivity contribution in [3.63, 3.8) is 0 Å². The van der Waals surface area contributed by atoms with Crippen molar-refractivity contribution in [2.45, 2.75) is 50.2 Å². The van der Waals surface area contributed by atoms with E-state index in [0.717, 1.165) is 12.0 Å². The molecule has 0 saturated heterocycles. The van der Waals surface area contributed by atoms with Crippen LogP contribution in [0.25, 0.3) is 0 Å². The van der Waals surface area contributed by atoms with Crippen LogP contribution in [0.5, 0.6) is 5.75 Å². The first-order chi connectivity index (χ1) is 8.34. The summed E-state index contributed by atoms with van der Waals surface area (Å²) in [6, 6.07) is 5.18. The fourth-order valence-corrected chi connectivity index (χ4v) is 2.84. The molecule has 0 radical (unpaired) electrons. The average Bonchev–Trinajstić information content (AvgIpc) is 2.36. The van der Waals surface area contributed by atoms with E-state index < -0.39 is 15.1 Å². The molecule has 0 aliphatic heterocycles. The second-order valence-electron chi connectivity index (χ2n) is 4.81. The van der Waals surface area contributed by atoms with Gasteiger partial charge in [0.05, 0.1) is 17.3 Å². The molecule has 0 N–H and O–H groups in total. The molecule has 102 valence electrons. The van der Waals surface area contributed by atoms with E-state index in [1.165, 1.54) is 0 Å². The van der Waals surface area contributed by atoms with E-state index in [0.29, 0.717) is 16.6 Å². The van der Waals surface area contributed by atoms with Gasteiger partial charge in [0.1, 0.15) is 5.75 Å². The van der Waals surface area contributed by atoms with E-state index in [1.807, 2.05) is 6.07 Å². The standard InChI is InChI=1S/C14H22O3S/c1-6-11(4)13-8-7-12(9-14(13)17-5)18(15,16)10(2)3/h7-11H,6H2,1-5H3. The summed E-state index contributed by atoms with van der Waals surface area (Å²) in [5.41, 5.74) is 1.06. The zero-order valence-electron chi connectivity index (χ0n) is 11.7. The molecular formula is C14H22O3S. The molecule has 0 saturated carbocycles. The van der Waals surface area contributed by atoms with Crippen molar-refractivity contribution in [2.75, 3.05) is 7.11 Å². The van der Waals surface area contributed by atoms with Gasteiger partial charge in [-0.3, -0.25) is 0 Å². The van der Waals surface area contributed by atoms with Crippen LogP contribution >= 0.6 is 0 Å². The first-order valence-electron chi connectivity index (χ1n) is 6.26. The van der Waals surface area contributed by atoms with E-state index in [1.54, 1.807) is 33.1 Å². The maximum atomic E-state index is 12.1. The van der Waals surface area contributed by atoms with E-state index in [2.05, 4.69) is 13.8 Å². The van der Waals surface area contributed by atoms with Gasteiger partial charge in [-0.25, -0.2) is 8.42 Å². The Morgan fingerprint density at radius 2 is 1.83 bits per heavy atom. The van der Waals surface area contributed by atoms with Crippen molar-refractivity contribution in [1.82, 2.24) is 0 Å². The van der Waals surface area contributed by atoms with Gasteiger partial charge in [-0.1, -0.05) is 19.9 Å². The Labute approximate surface area is 110 Å². The smallest absolute Gasteiger partial charge is 0.180 e. The lowest BCUT2D eigenvalue weighted by Crippen LogP contribution is -2.14. The first kappa shape index (κ1) is 15.0. The predicted octanol–water partition coefficient (Wildman–Crippen LogP) is 3.39. The van der Waals surface area contributed by atoms with E-state index >= 15 is 0 Å². The number of ether oxygens (including phenoxy) is 1. The largest absolute Gasteiger partial charge is 0.496 e.